The zero-order valence-corrected chi connectivity index (χ0v) is 16.1. The van der Waals surface area contributed by atoms with E-state index in [1.807, 2.05) is 30.3 Å². The molecule has 0 saturated carbocycles. The molecule has 0 aliphatic carbocycles. The molecule has 0 aliphatic rings. The van der Waals surface area contributed by atoms with Gasteiger partial charge in [-0.05, 0) is 47.2 Å². The van der Waals surface area contributed by atoms with Gasteiger partial charge in [-0.25, -0.2) is 0 Å². The molecule has 0 saturated heterocycles. The fourth-order valence-corrected chi connectivity index (χ4v) is 5.26. The fraction of sp³-hybridized carbons (Fsp3) is 0. The van der Waals surface area contributed by atoms with Gasteiger partial charge in [0.25, 0.3) is 0 Å². The van der Waals surface area contributed by atoms with Crippen molar-refractivity contribution in [3.63, 3.8) is 0 Å². The molecule has 5 aromatic rings. The summed E-state index contributed by atoms with van der Waals surface area (Å²) >= 11 is 3.56. The number of thiophene rings is 2. The number of para-hydroxylation sites is 1. The molecule has 0 aliphatic heterocycles. The predicted octanol–water partition coefficient (Wildman–Crippen LogP) is 6.98. The van der Waals surface area contributed by atoms with Crippen LogP contribution in [-0.2, 0) is 0 Å². The van der Waals surface area contributed by atoms with Crippen molar-refractivity contribution in [3.05, 3.63) is 101 Å². The lowest BCUT2D eigenvalue weighted by Crippen LogP contribution is -2.02. The van der Waals surface area contributed by atoms with Crippen LogP contribution in [0.2, 0.25) is 0 Å². The number of hydrazone groups is 1. The molecule has 130 valence electrons. The maximum absolute atomic E-state index is 4.81. The van der Waals surface area contributed by atoms with E-state index < -0.39 is 0 Å². The average molecular weight is 385 g/mol. The van der Waals surface area contributed by atoms with Gasteiger partial charge in [-0.2, -0.15) is 5.10 Å². The van der Waals surface area contributed by atoms with Crippen LogP contribution in [0.1, 0.15) is 9.75 Å². The molecule has 2 heterocycles. The number of anilines is 1. The molecular weight excluding hydrogens is 368 g/mol. The predicted molar refractivity (Wildman–Crippen MR) is 119 cm³/mol. The fourth-order valence-electron chi connectivity index (χ4n) is 3.06. The average Bonchev–Trinajstić information content (AvgIpc) is 3.33. The Balaban J connectivity index is 1.64. The van der Waals surface area contributed by atoms with Crippen LogP contribution in [-0.4, -0.2) is 5.71 Å². The van der Waals surface area contributed by atoms with Gasteiger partial charge in [0.15, 0.2) is 0 Å². The lowest BCUT2D eigenvalue weighted by molar-refractivity contribution is 1.34. The van der Waals surface area contributed by atoms with Gasteiger partial charge in [-0.3, -0.25) is 5.43 Å². The van der Waals surface area contributed by atoms with Gasteiger partial charge in [0.05, 0.1) is 15.4 Å². The van der Waals surface area contributed by atoms with Crippen molar-refractivity contribution in [1.29, 1.82) is 0 Å². The summed E-state index contributed by atoms with van der Waals surface area (Å²) in [6, 6.07) is 31.5. The first-order valence-electron chi connectivity index (χ1n) is 8.73. The highest BCUT2D eigenvalue weighted by Gasteiger charge is 2.14. The van der Waals surface area contributed by atoms with E-state index in [-0.39, 0.29) is 0 Å². The Morgan fingerprint density at radius 3 is 1.70 bits per heavy atom. The monoisotopic (exact) mass is 384 g/mol. The highest BCUT2D eigenvalue weighted by Crippen LogP contribution is 2.32. The van der Waals surface area contributed by atoms with Crippen molar-refractivity contribution >= 4 is 54.2 Å². The van der Waals surface area contributed by atoms with Gasteiger partial charge >= 0.3 is 0 Å². The van der Waals surface area contributed by atoms with E-state index in [0.717, 1.165) is 11.4 Å². The molecular formula is C23H16N2S2. The Labute approximate surface area is 165 Å². The second kappa shape index (κ2) is 6.99. The van der Waals surface area contributed by atoms with Gasteiger partial charge in [-0.15, -0.1) is 22.7 Å². The molecule has 2 aromatic heterocycles. The molecule has 0 spiro atoms. The smallest absolute Gasteiger partial charge is 0.118 e. The summed E-state index contributed by atoms with van der Waals surface area (Å²) in [7, 11) is 0. The molecule has 0 unspecified atom stereocenters. The van der Waals surface area contributed by atoms with Crippen LogP contribution in [0, 0.1) is 0 Å². The summed E-state index contributed by atoms with van der Waals surface area (Å²) in [5.41, 5.74) is 5.20. The lowest BCUT2D eigenvalue weighted by atomic mass is 10.2. The molecule has 0 radical (unpaired) electrons. The van der Waals surface area contributed by atoms with Crippen LogP contribution in [0.4, 0.5) is 5.69 Å². The molecule has 4 heteroatoms. The van der Waals surface area contributed by atoms with Gasteiger partial charge < -0.3 is 0 Å². The van der Waals surface area contributed by atoms with E-state index >= 15 is 0 Å². The van der Waals surface area contributed by atoms with E-state index in [9.17, 15) is 0 Å². The summed E-state index contributed by atoms with van der Waals surface area (Å²) in [5.74, 6) is 0. The highest BCUT2D eigenvalue weighted by molar-refractivity contribution is 7.24. The van der Waals surface area contributed by atoms with Gasteiger partial charge in [0.2, 0.25) is 0 Å². The Morgan fingerprint density at radius 1 is 0.630 bits per heavy atom. The normalized spacial score (nSPS) is 11.0. The van der Waals surface area contributed by atoms with E-state index in [0.29, 0.717) is 0 Å². The molecule has 1 N–H and O–H groups in total. The number of benzene rings is 3. The number of rotatable bonds is 4. The van der Waals surface area contributed by atoms with Crippen LogP contribution >= 0.6 is 22.7 Å². The largest absolute Gasteiger partial charge is 0.278 e. The van der Waals surface area contributed by atoms with Crippen LogP contribution in [0.15, 0.2) is 96.1 Å². The lowest BCUT2D eigenvalue weighted by Gasteiger charge is -2.04. The maximum atomic E-state index is 4.81. The first kappa shape index (κ1) is 16.2. The standard InChI is InChI=1S/C23H16N2S2/c1-2-10-18(11-3-1)24-25-23(21-14-16-8-4-6-12-19(16)26-21)22-15-17-9-5-7-13-20(17)27-22/h1-15,24H. The summed E-state index contributed by atoms with van der Waals surface area (Å²) in [5, 5.41) is 7.32. The minimum atomic E-state index is 0.984. The van der Waals surface area contributed by atoms with Gasteiger partial charge in [0, 0.05) is 9.40 Å². The minimum absolute atomic E-state index is 0.984. The SMILES string of the molecule is c1ccc(NN=C(c2cc3ccccc3s2)c2cc3ccccc3s2)cc1. The molecule has 5 rings (SSSR count). The summed E-state index contributed by atoms with van der Waals surface area (Å²) in [4.78, 5) is 2.34. The number of hydrogen-bond donors (Lipinski definition) is 1. The molecule has 0 fully saturated rings. The molecule has 27 heavy (non-hydrogen) atoms. The third kappa shape index (κ3) is 3.25. The molecule has 3 aromatic carbocycles. The highest BCUT2D eigenvalue weighted by atomic mass is 32.1. The molecule has 0 bridgehead atoms. The number of fused-ring (bicyclic) bond motifs is 2. The van der Waals surface area contributed by atoms with Crippen molar-refractivity contribution in [3.8, 4) is 0 Å². The third-order valence-electron chi connectivity index (χ3n) is 4.39. The number of nitrogens with one attached hydrogen (secondary N) is 1. The summed E-state index contributed by atoms with van der Waals surface area (Å²) < 4.78 is 2.56. The Morgan fingerprint density at radius 2 is 1.15 bits per heavy atom. The van der Waals surface area contributed by atoms with E-state index in [1.165, 1.54) is 29.9 Å². The van der Waals surface area contributed by atoms with E-state index in [1.54, 1.807) is 22.7 Å². The van der Waals surface area contributed by atoms with Crippen LogP contribution < -0.4 is 5.43 Å². The van der Waals surface area contributed by atoms with Crippen LogP contribution in [0.5, 0.6) is 0 Å². The van der Waals surface area contributed by atoms with Crippen molar-refractivity contribution < 1.29 is 0 Å². The first-order valence-corrected chi connectivity index (χ1v) is 10.4. The number of hydrogen-bond acceptors (Lipinski definition) is 4. The first-order chi connectivity index (χ1) is 13.4. The van der Waals surface area contributed by atoms with Crippen LogP contribution in [0.25, 0.3) is 20.2 Å². The van der Waals surface area contributed by atoms with Crippen molar-refractivity contribution in [2.75, 3.05) is 5.43 Å². The second-order valence-corrected chi connectivity index (χ2v) is 8.40. The van der Waals surface area contributed by atoms with E-state index in [4.69, 9.17) is 5.10 Å². The zero-order chi connectivity index (χ0) is 18.1. The number of nitrogens with zero attached hydrogens (tertiary/aromatic N) is 1. The van der Waals surface area contributed by atoms with Crippen LogP contribution in [0.3, 0.4) is 0 Å². The molecule has 2 nitrogen and oxygen atoms in total. The third-order valence-corrected chi connectivity index (χ3v) is 6.63. The molecule has 0 amide bonds. The quantitative estimate of drug-likeness (QED) is 0.262. The van der Waals surface area contributed by atoms with Crippen molar-refractivity contribution in [1.82, 2.24) is 0 Å². The van der Waals surface area contributed by atoms with Gasteiger partial charge in [0.1, 0.15) is 5.71 Å². The minimum Gasteiger partial charge on any atom is -0.278 e. The van der Waals surface area contributed by atoms with Crippen molar-refractivity contribution in [2.24, 2.45) is 5.10 Å². The second-order valence-electron chi connectivity index (χ2n) is 6.24. The zero-order valence-electron chi connectivity index (χ0n) is 14.4. The summed E-state index contributed by atoms with van der Waals surface area (Å²) in [6.45, 7) is 0. The molecule has 0 atom stereocenters. The Kier molecular flexibility index (Phi) is 4.20. The Bertz CT molecular complexity index is 1110. The van der Waals surface area contributed by atoms with E-state index in [2.05, 4.69) is 66.1 Å². The maximum Gasteiger partial charge on any atom is 0.118 e. The van der Waals surface area contributed by atoms with Crippen molar-refractivity contribution in [2.45, 2.75) is 0 Å². The topological polar surface area (TPSA) is 24.4 Å². The van der Waals surface area contributed by atoms with Gasteiger partial charge in [-0.1, -0.05) is 54.6 Å². The Hall–Kier alpha value is -2.95. The summed E-state index contributed by atoms with van der Waals surface area (Å²) in [6.07, 6.45) is 0.